The first-order valence-corrected chi connectivity index (χ1v) is 5.65. The van der Waals surface area contributed by atoms with E-state index < -0.39 is 0 Å². The molecule has 0 spiro atoms. The maximum atomic E-state index is 12.0. The zero-order valence-corrected chi connectivity index (χ0v) is 9.73. The van der Waals surface area contributed by atoms with E-state index in [1.165, 1.54) is 0 Å². The molecule has 5 heteroatoms. The van der Waals surface area contributed by atoms with Crippen molar-refractivity contribution in [1.82, 2.24) is 15.1 Å². The van der Waals surface area contributed by atoms with E-state index in [1.54, 1.807) is 6.07 Å². The Hall–Kier alpha value is -1.36. The van der Waals surface area contributed by atoms with Gasteiger partial charge in [-0.3, -0.25) is 9.89 Å². The summed E-state index contributed by atoms with van der Waals surface area (Å²) in [6.45, 7) is 5.43. The summed E-state index contributed by atoms with van der Waals surface area (Å²) in [6, 6.07) is 1.93. The molecule has 1 amide bonds. The fraction of sp³-hybridized carbons (Fsp3) is 0.636. The van der Waals surface area contributed by atoms with Gasteiger partial charge in [0, 0.05) is 24.8 Å². The third-order valence-electron chi connectivity index (χ3n) is 3.18. The van der Waals surface area contributed by atoms with Crippen LogP contribution in [0.5, 0.6) is 0 Å². The van der Waals surface area contributed by atoms with Gasteiger partial charge in [0.1, 0.15) is 5.69 Å². The zero-order chi connectivity index (χ0) is 11.7. The van der Waals surface area contributed by atoms with Crippen LogP contribution in [0.2, 0.25) is 0 Å². The lowest BCUT2D eigenvalue weighted by Crippen LogP contribution is -2.33. The lowest BCUT2D eigenvalue weighted by atomic mass is 10.0. The Morgan fingerprint density at radius 1 is 1.75 bits per heavy atom. The van der Waals surface area contributed by atoms with Crippen LogP contribution in [-0.2, 0) is 0 Å². The van der Waals surface area contributed by atoms with E-state index >= 15 is 0 Å². The van der Waals surface area contributed by atoms with Gasteiger partial charge in [-0.25, -0.2) is 0 Å². The molecule has 2 rings (SSSR count). The van der Waals surface area contributed by atoms with E-state index in [9.17, 15) is 4.79 Å². The molecule has 1 aliphatic heterocycles. The molecule has 88 valence electrons. The Labute approximate surface area is 95.0 Å². The SMILES string of the molecule is Cc1cc(C(=O)N2CCC(C(C)N)C2)n[nH]1. The summed E-state index contributed by atoms with van der Waals surface area (Å²) < 4.78 is 0. The number of hydrogen-bond acceptors (Lipinski definition) is 3. The van der Waals surface area contributed by atoms with E-state index in [0.29, 0.717) is 11.6 Å². The fourth-order valence-corrected chi connectivity index (χ4v) is 2.09. The summed E-state index contributed by atoms with van der Waals surface area (Å²) >= 11 is 0. The van der Waals surface area contributed by atoms with Gasteiger partial charge in [-0.15, -0.1) is 0 Å². The van der Waals surface area contributed by atoms with E-state index in [-0.39, 0.29) is 11.9 Å². The molecule has 2 atom stereocenters. The molecule has 1 aromatic rings. The van der Waals surface area contributed by atoms with E-state index in [1.807, 2.05) is 18.7 Å². The number of amides is 1. The van der Waals surface area contributed by atoms with Crippen LogP contribution in [0.15, 0.2) is 6.07 Å². The maximum Gasteiger partial charge on any atom is 0.274 e. The first-order chi connectivity index (χ1) is 7.58. The van der Waals surface area contributed by atoms with Gasteiger partial charge in [0.15, 0.2) is 0 Å². The topological polar surface area (TPSA) is 75.0 Å². The summed E-state index contributed by atoms with van der Waals surface area (Å²) in [6.07, 6.45) is 0.993. The number of rotatable bonds is 2. The minimum Gasteiger partial charge on any atom is -0.337 e. The molecule has 0 radical (unpaired) electrons. The van der Waals surface area contributed by atoms with Crippen molar-refractivity contribution in [1.29, 1.82) is 0 Å². The quantitative estimate of drug-likeness (QED) is 0.766. The minimum atomic E-state index is 0.00694. The second-order valence-electron chi connectivity index (χ2n) is 4.60. The van der Waals surface area contributed by atoms with E-state index in [2.05, 4.69) is 10.2 Å². The molecule has 5 nitrogen and oxygen atoms in total. The maximum absolute atomic E-state index is 12.0. The molecule has 1 fully saturated rings. The summed E-state index contributed by atoms with van der Waals surface area (Å²) in [5, 5.41) is 6.77. The Bertz CT molecular complexity index is 385. The van der Waals surface area contributed by atoms with Gasteiger partial charge in [0.25, 0.3) is 5.91 Å². The Morgan fingerprint density at radius 3 is 3.00 bits per heavy atom. The molecule has 1 aliphatic rings. The average molecular weight is 222 g/mol. The molecule has 1 saturated heterocycles. The van der Waals surface area contributed by atoms with Crippen molar-refractivity contribution in [2.75, 3.05) is 13.1 Å². The first-order valence-electron chi connectivity index (χ1n) is 5.65. The predicted octanol–water partition coefficient (Wildman–Crippen LogP) is 0.527. The van der Waals surface area contributed by atoms with Gasteiger partial charge >= 0.3 is 0 Å². The minimum absolute atomic E-state index is 0.00694. The van der Waals surface area contributed by atoms with Crippen LogP contribution < -0.4 is 5.73 Å². The molecule has 16 heavy (non-hydrogen) atoms. The third kappa shape index (κ3) is 2.09. The number of nitrogens with one attached hydrogen (secondary N) is 1. The van der Waals surface area contributed by atoms with Gasteiger partial charge in [0.2, 0.25) is 0 Å². The monoisotopic (exact) mass is 222 g/mol. The van der Waals surface area contributed by atoms with Gasteiger partial charge in [-0.05, 0) is 32.3 Å². The van der Waals surface area contributed by atoms with Gasteiger partial charge in [-0.1, -0.05) is 0 Å². The number of carbonyl (C=O) groups is 1. The number of nitrogens with zero attached hydrogens (tertiary/aromatic N) is 2. The second-order valence-corrected chi connectivity index (χ2v) is 4.60. The Kier molecular flexibility index (Phi) is 2.96. The molecule has 0 aliphatic carbocycles. The molecular weight excluding hydrogens is 204 g/mol. The van der Waals surface area contributed by atoms with Crippen molar-refractivity contribution >= 4 is 5.91 Å². The highest BCUT2D eigenvalue weighted by atomic mass is 16.2. The predicted molar refractivity (Wildman–Crippen MR) is 61.0 cm³/mol. The highest BCUT2D eigenvalue weighted by Crippen LogP contribution is 2.20. The van der Waals surface area contributed by atoms with Gasteiger partial charge < -0.3 is 10.6 Å². The number of aromatic amines is 1. The third-order valence-corrected chi connectivity index (χ3v) is 3.18. The normalized spacial score (nSPS) is 22.4. The van der Waals surface area contributed by atoms with Crippen LogP contribution in [0.25, 0.3) is 0 Å². The standard InChI is InChI=1S/C11H18N4O/c1-7-5-10(14-13-7)11(16)15-4-3-9(6-15)8(2)12/h5,8-9H,3-4,6,12H2,1-2H3,(H,13,14). The van der Waals surface area contributed by atoms with E-state index in [4.69, 9.17) is 5.73 Å². The average Bonchev–Trinajstić information content (AvgIpc) is 2.84. The highest BCUT2D eigenvalue weighted by molar-refractivity contribution is 5.92. The second kappa shape index (κ2) is 4.25. The highest BCUT2D eigenvalue weighted by Gasteiger charge is 2.29. The molecule has 2 unspecified atom stereocenters. The molecule has 2 heterocycles. The fourth-order valence-electron chi connectivity index (χ4n) is 2.09. The Morgan fingerprint density at radius 2 is 2.50 bits per heavy atom. The van der Waals surface area contributed by atoms with Crippen molar-refractivity contribution in [3.8, 4) is 0 Å². The molecular formula is C11H18N4O. The number of aromatic nitrogens is 2. The lowest BCUT2D eigenvalue weighted by molar-refractivity contribution is 0.0780. The summed E-state index contributed by atoms with van der Waals surface area (Å²) in [4.78, 5) is 13.9. The van der Waals surface area contributed by atoms with Crippen LogP contribution in [0.4, 0.5) is 0 Å². The molecule has 0 saturated carbocycles. The number of carbonyl (C=O) groups excluding carboxylic acids is 1. The summed E-state index contributed by atoms with van der Waals surface area (Å²) in [5.41, 5.74) is 7.25. The van der Waals surface area contributed by atoms with Crippen molar-refractivity contribution in [3.05, 3.63) is 17.5 Å². The molecule has 3 N–H and O–H groups in total. The largest absolute Gasteiger partial charge is 0.337 e. The van der Waals surface area contributed by atoms with Crippen LogP contribution in [0.3, 0.4) is 0 Å². The smallest absolute Gasteiger partial charge is 0.274 e. The number of aryl methyl sites for hydroxylation is 1. The van der Waals surface area contributed by atoms with Crippen LogP contribution in [-0.4, -0.2) is 40.1 Å². The van der Waals surface area contributed by atoms with Crippen molar-refractivity contribution in [2.24, 2.45) is 11.7 Å². The number of H-pyrrole nitrogens is 1. The number of hydrogen-bond donors (Lipinski definition) is 2. The number of nitrogens with two attached hydrogens (primary N) is 1. The molecule has 0 aromatic carbocycles. The summed E-state index contributed by atoms with van der Waals surface area (Å²) in [5.74, 6) is 0.427. The van der Waals surface area contributed by atoms with Crippen LogP contribution in [0, 0.1) is 12.8 Å². The molecule has 0 bridgehead atoms. The zero-order valence-electron chi connectivity index (χ0n) is 9.73. The van der Waals surface area contributed by atoms with Crippen molar-refractivity contribution in [2.45, 2.75) is 26.3 Å². The van der Waals surface area contributed by atoms with Crippen molar-refractivity contribution in [3.63, 3.8) is 0 Å². The van der Waals surface area contributed by atoms with Gasteiger partial charge in [0.05, 0.1) is 0 Å². The van der Waals surface area contributed by atoms with Gasteiger partial charge in [-0.2, -0.15) is 5.10 Å². The first kappa shape index (κ1) is 11.1. The summed E-state index contributed by atoms with van der Waals surface area (Å²) in [7, 11) is 0. The van der Waals surface area contributed by atoms with Crippen LogP contribution in [0.1, 0.15) is 29.5 Å². The molecule has 1 aromatic heterocycles. The number of likely N-dealkylation sites (tertiary alicyclic amines) is 1. The van der Waals surface area contributed by atoms with Crippen molar-refractivity contribution < 1.29 is 4.79 Å². The Balaban J connectivity index is 2.02. The lowest BCUT2D eigenvalue weighted by Gasteiger charge is -2.16. The van der Waals surface area contributed by atoms with Crippen LogP contribution >= 0.6 is 0 Å². The van der Waals surface area contributed by atoms with E-state index in [0.717, 1.165) is 25.2 Å².